The Morgan fingerprint density at radius 3 is 2.72 bits per heavy atom. The molecule has 2 rings (SSSR count). The topological polar surface area (TPSA) is 15.3 Å². The number of hydrogen-bond acceptors (Lipinski definition) is 2. The zero-order valence-corrected chi connectivity index (χ0v) is 12.1. The number of likely N-dealkylation sites (tertiary alicyclic amines) is 1. The molecule has 2 nitrogen and oxygen atoms in total. The van der Waals surface area contributed by atoms with Crippen LogP contribution < -0.4 is 5.32 Å². The van der Waals surface area contributed by atoms with Crippen LogP contribution in [0.25, 0.3) is 0 Å². The Balaban J connectivity index is 1.74. The van der Waals surface area contributed by atoms with Gasteiger partial charge in [0.25, 0.3) is 0 Å². The maximum atomic E-state index is 5.89. The molecule has 2 atom stereocenters. The van der Waals surface area contributed by atoms with Gasteiger partial charge in [-0.2, -0.15) is 0 Å². The molecule has 100 valence electrons. The molecule has 0 spiro atoms. The van der Waals surface area contributed by atoms with Gasteiger partial charge in [0.2, 0.25) is 0 Å². The highest BCUT2D eigenvalue weighted by Crippen LogP contribution is 2.14. The third kappa shape index (κ3) is 3.98. The normalized spacial score (nSPS) is 22.3. The van der Waals surface area contributed by atoms with Crippen LogP contribution in [-0.4, -0.2) is 37.1 Å². The van der Waals surface area contributed by atoms with Crippen LogP contribution in [0.1, 0.15) is 25.3 Å². The highest BCUT2D eigenvalue weighted by Gasteiger charge is 2.20. The Labute approximate surface area is 115 Å². The summed E-state index contributed by atoms with van der Waals surface area (Å²) in [6.07, 6.45) is 3.74. The third-order valence-corrected chi connectivity index (χ3v) is 4.08. The highest BCUT2D eigenvalue weighted by molar-refractivity contribution is 6.30. The first kappa shape index (κ1) is 13.9. The maximum Gasteiger partial charge on any atom is 0.0406 e. The molecule has 1 aliphatic rings. The average Bonchev–Trinajstić information content (AvgIpc) is 2.75. The lowest BCUT2D eigenvalue weighted by Crippen LogP contribution is -2.40. The van der Waals surface area contributed by atoms with E-state index >= 15 is 0 Å². The summed E-state index contributed by atoms with van der Waals surface area (Å²) in [5.41, 5.74) is 1.35. The van der Waals surface area contributed by atoms with Gasteiger partial charge in [-0.25, -0.2) is 0 Å². The second kappa shape index (κ2) is 6.55. The van der Waals surface area contributed by atoms with E-state index in [1.165, 1.54) is 24.9 Å². The summed E-state index contributed by atoms with van der Waals surface area (Å²) in [6, 6.07) is 9.39. The van der Waals surface area contributed by atoms with Crippen molar-refractivity contribution in [2.75, 3.05) is 20.1 Å². The van der Waals surface area contributed by atoms with Crippen molar-refractivity contribution in [2.45, 2.75) is 38.3 Å². The fourth-order valence-corrected chi connectivity index (χ4v) is 2.75. The lowest BCUT2D eigenvalue weighted by atomic mass is 10.1. The number of halogens is 1. The van der Waals surface area contributed by atoms with Crippen molar-refractivity contribution in [3.8, 4) is 0 Å². The van der Waals surface area contributed by atoms with E-state index in [1.807, 2.05) is 12.1 Å². The molecule has 1 aromatic rings. The van der Waals surface area contributed by atoms with Crippen molar-refractivity contribution in [2.24, 2.45) is 0 Å². The summed E-state index contributed by atoms with van der Waals surface area (Å²) >= 11 is 5.89. The van der Waals surface area contributed by atoms with Gasteiger partial charge in [-0.05, 0) is 57.5 Å². The lowest BCUT2D eigenvalue weighted by molar-refractivity contribution is 0.293. The molecule has 0 amide bonds. The molecule has 1 fully saturated rings. The standard InChI is InChI=1S/C15H23ClN2/c1-12(10-13-5-7-14(16)8-6-13)17-11-15-4-3-9-18(15)2/h5-8,12,15,17H,3-4,9-11H2,1-2H3. The molecule has 3 heteroatoms. The Morgan fingerprint density at radius 2 is 2.11 bits per heavy atom. The third-order valence-electron chi connectivity index (χ3n) is 3.83. The molecule has 1 N–H and O–H groups in total. The van der Waals surface area contributed by atoms with Crippen molar-refractivity contribution in [1.82, 2.24) is 10.2 Å². The van der Waals surface area contributed by atoms with Gasteiger partial charge in [-0.3, -0.25) is 0 Å². The molecule has 18 heavy (non-hydrogen) atoms. The van der Waals surface area contributed by atoms with E-state index in [2.05, 4.69) is 36.3 Å². The molecule has 0 bridgehead atoms. The largest absolute Gasteiger partial charge is 0.312 e. The number of benzene rings is 1. The highest BCUT2D eigenvalue weighted by atomic mass is 35.5. The number of likely N-dealkylation sites (N-methyl/N-ethyl adjacent to an activating group) is 1. The van der Waals surface area contributed by atoms with E-state index < -0.39 is 0 Å². The molecule has 0 radical (unpaired) electrons. The van der Waals surface area contributed by atoms with Crippen molar-refractivity contribution in [3.05, 3.63) is 34.9 Å². The minimum absolute atomic E-state index is 0.514. The van der Waals surface area contributed by atoms with Crippen molar-refractivity contribution >= 4 is 11.6 Å². The van der Waals surface area contributed by atoms with Crippen molar-refractivity contribution < 1.29 is 0 Å². The van der Waals surface area contributed by atoms with Crippen LogP contribution in [0.2, 0.25) is 5.02 Å². The van der Waals surface area contributed by atoms with Gasteiger partial charge >= 0.3 is 0 Å². The molecule has 1 aromatic carbocycles. The fourth-order valence-electron chi connectivity index (χ4n) is 2.62. The van der Waals surface area contributed by atoms with Gasteiger partial charge in [0.15, 0.2) is 0 Å². The first-order valence-electron chi connectivity index (χ1n) is 6.83. The van der Waals surface area contributed by atoms with E-state index in [9.17, 15) is 0 Å². The number of rotatable bonds is 5. The summed E-state index contributed by atoms with van der Waals surface area (Å²) in [7, 11) is 2.23. The molecule has 0 saturated carbocycles. The molecule has 0 aromatic heterocycles. The van der Waals surface area contributed by atoms with Gasteiger partial charge in [-0.1, -0.05) is 23.7 Å². The molecular weight excluding hydrogens is 244 g/mol. The lowest BCUT2D eigenvalue weighted by Gasteiger charge is -2.22. The monoisotopic (exact) mass is 266 g/mol. The van der Waals surface area contributed by atoms with Crippen LogP contribution >= 0.6 is 11.6 Å². The Bertz CT molecular complexity index is 363. The van der Waals surface area contributed by atoms with E-state index in [4.69, 9.17) is 11.6 Å². The zero-order chi connectivity index (χ0) is 13.0. The van der Waals surface area contributed by atoms with Crippen LogP contribution in [0.5, 0.6) is 0 Å². The predicted molar refractivity (Wildman–Crippen MR) is 78.3 cm³/mol. The van der Waals surface area contributed by atoms with Crippen LogP contribution in [-0.2, 0) is 6.42 Å². The average molecular weight is 267 g/mol. The Morgan fingerprint density at radius 1 is 1.39 bits per heavy atom. The second-order valence-corrected chi connectivity index (χ2v) is 5.85. The second-order valence-electron chi connectivity index (χ2n) is 5.42. The zero-order valence-electron chi connectivity index (χ0n) is 11.3. The first-order chi connectivity index (χ1) is 8.65. The first-order valence-corrected chi connectivity index (χ1v) is 7.21. The summed E-state index contributed by atoms with van der Waals surface area (Å²) in [5.74, 6) is 0. The fraction of sp³-hybridized carbons (Fsp3) is 0.600. The summed E-state index contributed by atoms with van der Waals surface area (Å²) in [5, 5.41) is 4.46. The van der Waals surface area contributed by atoms with E-state index in [0.29, 0.717) is 6.04 Å². The summed E-state index contributed by atoms with van der Waals surface area (Å²) < 4.78 is 0. The maximum absolute atomic E-state index is 5.89. The number of nitrogens with one attached hydrogen (secondary N) is 1. The molecule has 1 heterocycles. The van der Waals surface area contributed by atoms with Gasteiger partial charge in [-0.15, -0.1) is 0 Å². The predicted octanol–water partition coefficient (Wildman–Crippen LogP) is 2.95. The SMILES string of the molecule is CC(Cc1ccc(Cl)cc1)NCC1CCCN1C. The molecule has 2 unspecified atom stereocenters. The van der Waals surface area contributed by atoms with Crippen LogP contribution in [0, 0.1) is 0 Å². The van der Waals surface area contributed by atoms with E-state index in [0.717, 1.165) is 24.0 Å². The Kier molecular flexibility index (Phi) is 5.04. The van der Waals surface area contributed by atoms with Gasteiger partial charge in [0.05, 0.1) is 0 Å². The van der Waals surface area contributed by atoms with E-state index in [1.54, 1.807) is 0 Å². The van der Waals surface area contributed by atoms with Gasteiger partial charge < -0.3 is 10.2 Å². The molecule has 1 aliphatic heterocycles. The summed E-state index contributed by atoms with van der Waals surface area (Å²) in [6.45, 7) is 4.60. The smallest absolute Gasteiger partial charge is 0.0406 e. The van der Waals surface area contributed by atoms with Crippen LogP contribution in [0.4, 0.5) is 0 Å². The molecule has 1 saturated heterocycles. The van der Waals surface area contributed by atoms with Gasteiger partial charge in [0.1, 0.15) is 0 Å². The Hall–Kier alpha value is -0.570. The number of nitrogens with zero attached hydrogens (tertiary/aromatic N) is 1. The van der Waals surface area contributed by atoms with Crippen LogP contribution in [0.3, 0.4) is 0 Å². The van der Waals surface area contributed by atoms with Crippen LogP contribution in [0.15, 0.2) is 24.3 Å². The molecular formula is C15H23ClN2. The minimum atomic E-state index is 0.514. The van der Waals surface area contributed by atoms with Crippen molar-refractivity contribution in [3.63, 3.8) is 0 Å². The summed E-state index contributed by atoms with van der Waals surface area (Å²) in [4.78, 5) is 2.46. The van der Waals surface area contributed by atoms with Gasteiger partial charge in [0, 0.05) is 23.7 Å². The van der Waals surface area contributed by atoms with Crippen molar-refractivity contribution in [1.29, 1.82) is 0 Å². The minimum Gasteiger partial charge on any atom is -0.312 e. The number of hydrogen-bond donors (Lipinski definition) is 1. The molecule has 0 aliphatic carbocycles. The van der Waals surface area contributed by atoms with E-state index in [-0.39, 0.29) is 0 Å². The quantitative estimate of drug-likeness (QED) is 0.882.